The van der Waals surface area contributed by atoms with Crippen LogP contribution in [-0.2, 0) is 0 Å². The van der Waals surface area contributed by atoms with E-state index in [9.17, 15) is 5.11 Å². The van der Waals surface area contributed by atoms with E-state index >= 15 is 0 Å². The molecule has 0 aromatic heterocycles. The third kappa shape index (κ3) is 2.29. The number of thioether (sulfide) groups is 1. The van der Waals surface area contributed by atoms with Gasteiger partial charge in [-0.1, -0.05) is 0 Å². The zero-order valence-electron chi connectivity index (χ0n) is 7.16. The number of nitrogen functional groups attached to an aromatic ring is 1. The Labute approximate surface area is 80.4 Å². The summed E-state index contributed by atoms with van der Waals surface area (Å²) in [5.41, 5.74) is 12.2. The van der Waals surface area contributed by atoms with Crippen molar-refractivity contribution in [2.24, 2.45) is 5.73 Å². The van der Waals surface area contributed by atoms with Crippen LogP contribution >= 0.6 is 11.8 Å². The van der Waals surface area contributed by atoms with Crippen LogP contribution in [0.4, 0.5) is 5.69 Å². The Bertz CT molecular complexity index is 351. The van der Waals surface area contributed by atoms with Gasteiger partial charge in [-0.2, -0.15) is 0 Å². The van der Waals surface area contributed by atoms with Crippen molar-refractivity contribution in [3.05, 3.63) is 17.7 Å². The molecule has 4 nitrogen and oxygen atoms in total. The van der Waals surface area contributed by atoms with Crippen LogP contribution in [0, 0.1) is 12.3 Å². The Hall–Kier alpha value is -1.36. The molecule has 6 N–H and O–H groups in total. The van der Waals surface area contributed by atoms with Crippen LogP contribution in [0.15, 0.2) is 17.0 Å². The number of benzene rings is 1. The van der Waals surface area contributed by atoms with E-state index in [2.05, 4.69) is 0 Å². The normalized spacial score (nSPS) is 9.92. The molecule has 5 heteroatoms. The van der Waals surface area contributed by atoms with Gasteiger partial charge in [-0.3, -0.25) is 5.41 Å². The molecule has 0 amide bonds. The molecule has 70 valence electrons. The summed E-state index contributed by atoms with van der Waals surface area (Å²) in [7, 11) is 0. The number of phenols is 1. The van der Waals surface area contributed by atoms with Gasteiger partial charge in [0.2, 0.25) is 0 Å². The molecular weight excluding hydrogens is 186 g/mol. The van der Waals surface area contributed by atoms with E-state index in [-0.39, 0.29) is 10.9 Å². The summed E-state index contributed by atoms with van der Waals surface area (Å²) in [6, 6.07) is 3.16. The SMILES string of the molecule is Cc1cc(O)c(SC(=N)N)cc1N. The maximum atomic E-state index is 9.44. The fourth-order valence-corrected chi connectivity index (χ4v) is 1.48. The minimum absolute atomic E-state index is 0.0708. The molecule has 0 atom stereocenters. The van der Waals surface area contributed by atoms with Gasteiger partial charge < -0.3 is 16.6 Å². The average molecular weight is 197 g/mol. The largest absolute Gasteiger partial charge is 0.507 e. The van der Waals surface area contributed by atoms with Gasteiger partial charge in [0, 0.05) is 5.69 Å². The highest BCUT2D eigenvalue weighted by atomic mass is 32.2. The minimum Gasteiger partial charge on any atom is -0.507 e. The fraction of sp³-hybridized carbons (Fsp3) is 0.125. The van der Waals surface area contributed by atoms with E-state index < -0.39 is 0 Å². The number of nitrogens with two attached hydrogens (primary N) is 2. The number of hydrogen-bond acceptors (Lipinski definition) is 4. The van der Waals surface area contributed by atoms with E-state index in [1.165, 1.54) is 0 Å². The standard InChI is InChI=1S/C8H11N3OS/c1-4-2-6(12)7(3-5(4)9)13-8(10)11/h2-3,12H,9H2,1H3,(H3,10,11). The molecule has 1 rings (SSSR count). The zero-order chi connectivity index (χ0) is 10.0. The summed E-state index contributed by atoms with van der Waals surface area (Å²) in [5.74, 6) is 0.104. The van der Waals surface area contributed by atoms with Crippen molar-refractivity contribution >= 4 is 22.6 Å². The van der Waals surface area contributed by atoms with Gasteiger partial charge in [0.25, 0.3) is 0 Å². The first-order valence-corrected chi connectivity index (χ1v) is 4.43. The van der Waals surface area contributed by atoms with Crippen molar-refractivity contribution in [1.82, 2.24) is 0 Å². The van der Waals surface area contributed by atoms with E-state index in [4.69, 9.17) is 16.9 Å². The summed E-state index contributed by atoms with van der Waals surface area (Å²) in [4.78, 5) is 0.510. The third-order valence-corrected chi connectivity index (χ3v) is 2.33. The third-order valence-electron chi connectivity index (χ3n) is 1.57. The first-order valence-electron chi connectivity index (χ1n) is 3.61. The molecule has 1 aromatic rings. The van der Waals surface area contributed by atoms with Crippen molar-refractivity contribution in [3.63, 3.8) is 0 Å². The van der Waals surface area contributed by atoms with Gasteiger partial charge in [0.05, 0.1) is 4.90 Å². The van der Waals surface area contributed by atoms with Crippen molar-refractivity contribution in [1.29, 1.82) is 5.41 Å². The highest BCUT2D eigenvalue weighted by Gasteiger charge is 2.06. The van der Waals surface area contributed by atoms with Crippen molar-refractivity contribution in [2.45, 2.75) is 11.8 Å². The molecule has 0 aliphatic rings. The van der Waals surface area contributed by atoms with Gasteiger partial charge in [-0.25, -0.2) is 0 Å². The van der Waals surface area contributed by atoms with Gasteiger partial charge >= 0.3 is 0 Å². The van der Waals surface area contributed by atoms with Crippen molar-refractivity contribution < 1.29 is 5.11 Å². The molecule has 0 saturated carbocycles. The molecule has 0 bridgehead atoms. The quantitative estimate of drug-likeness (QED) is 0.179. The molecule has 0 fully saturated rings. The van der Waals surface area contributed by atoms with Crippen LogP contribution in [-0.4, -0.2) is 10.3 Å². The first kappa shape index (κ1) is 9.73. The van der Waals surface area contributed by atoms with E-state index in [0.717, 1.165) is 17.3 Å². The van der Waals surface area contributed by atoms with Crippen LogP contribution in [0.3, 0.4) is 0 Å². The lowest BCUT2D eigenvalue weighted by Crippen LogP contribution is -2.03. The predicted molar refractivity (Wildman–Crippen MR) is 55.0 cm³/mol. The van der Waals surface area contributed by atoms with E-state index in [1.54, 1.807) is 19.1 Å². The Morgan fingerprint density at radius 1 is 1.54 bits per heavy atom. The van der Waals surface area contributed by atoms with E-state index in [0.29, 0.717) is 10.6 Å². The number of phenolic OH excluding ortho intramolecular Hbond substituents is 1. The first-order chi connectivity index (χ1) is 6.00. The number of aromatic hydroxyl groups is 1. The molecule has 0 aliphatic heterocycles. The van der Waals surface area contributed by atoms with Crippen molar-refractivity contribution in [2.75, 3.05) is 5.73 Å². The average Bonchev–Trinajstić information content (AvgIpc) is 1.99. The zero-order valence-corrected chi connectivity index (χ0v) is 7.98. The minimum atomic E-state index is -0.0708. The van der Waals surface area contributed by atoms with Gasteiger partial charge in [-0.15, -0.1) is 0 Å². The molecule has 0 heterocycles. The monoisotopic (exact) mass is 197 g/mol. The molecule has 0 radical (unpaired) electrons. The lowest BCUT2D eigenvalue weighted by atomic mass is 10.2. The number of aryl methyl sites for hydroxylation is 1. The summed E-state index contributed by atoms with van der Waals surface area (Å²) in [6.45, 7) is 1.80. The predicted octanol–water partition coefficient (Wildman–Crippen LogP) is 1.27. The molecule has 1 aromatic carbocycles. The second-order valence-electron chi connectivity index (χ2n) is 2.64. The Balaban J connectivity index is 3.08. The molecule has 0 spiro atoms. The Kier molecular flexibility index (Phi) is 2.67. The molecule has 0 saturated heterocycles. The highest BCUT2D eigenvalue weighted by molar-refractivity contribution is 8.13. The van der Waals surface area contributed by atoms with E-state index in [1.807, 2.05) is 0 Å². The number of nitrogens with one attached hydrogen (secondary N) is 1. The maximum Gasteiger partial charge on any atom is 0.156 e. The summed E-state index contributed by atoms with van der Waals surface area (Å²) >= 11 is 0.979. The van der Waals surface area contributed by atoms with Gasteiger partial charge in [0.15, 0.2) is 5.17 Å². The van der Waals surface area contributed by atoms with Gasteiger partial charge in [0.1, 0.15) is 5.75 Å². The molecule has 0 unspecified atom stereocenters. The number of anilines is 1. The number of hydrogen-bond donors (Lipinski definition) is 4. The molecule has 0 aliphatic carbocycles. The fourth-order valence-electron chi connectivity index (χ4n) is 0.889. The second kappa shape index (κ2) is 3.57. The molecular formula is C8H11N3OS. The topological polar surface area (TPSA) is 96.1 Å². The number of amidine groups is 1. The maximum absolute atomic E-state index is 9.44. The Morgan fingerprint density at radius 3 is 2.69 bits per heavy atom. The second-order valence-corrected chi connectivity index (χ2v) is 3.73. The van der Waals surface area contributed by atoms with Gasteiger partial charge in [-0.05, 0) is 36.4 Å². The van der Waals surface area contributed by atoms with Crippen LogP contribution in [0.25, 0.3) is 0 Å². The van der Waals surface area contributed by atoms with Crippen LogP contribution in [0.5, 0.6) is 5.75 Å². The lowest BCUT2D eigenvalue weighted by molar-refractivity contribution is 0.462. The lowest BCUT2D eigenvalue weighted by Gasteiger charge is -2.06. The van der Waals surface area contributed by atoms with Crippen LogP contribution < -0.4 is 11.5 Å². The molecule has 13 heavy (non-hydrogen) atoms. The highest BCUT2D eigenvalue weighted by Crippen LogP contribution is 2.31. The Morgan fingerprint density at radius 2 is 2.15 bits per heavy atom. The van der Waals surface area contributed by atoms with Crippen LogP contribution in [0.2, 0.25) is 0 Å². The smallest absolute Gasteiger partial charge is 0.156 e. The summed E-state index contributed by atoms with van der Waals surface area (Å²) in [5, 5.41) is 16.4. The number of rotatable bonds is 1. The van der Waals surface area contributed by atoms with Crippen molar-refractivity contribution in [3.8, 4) is 5.75 Å². The summed E-state index contributed by atoms with van der Waals surface area (Å²) in [6.07, 6.45) is 0. The summed E-state index contributed by atoms with van der Waals surface area (Å²) < 4.78 is 0. The van der Waals surface area contributed by atoms with Crippen LogP contribution in [0.1, 0.15) is 5.56 Å².